The van der Waals surface area contributed by atoms with Gasteiger partial charge in [0.25, 0.3) is 0 Å². The van der Waals surface area contributed by atoms with Crippen LogP contribution in [0.2, 0.25) is 0 Å². The predicted octanol–water partition coefficient (Wildman–Crippen LogP) is 2.86. The normalized spacial score (nSPS) is 23.9. The minimum absolute atomic E-state index is 0.115. The number of hydrogen-bond donors (Lipinski definition) is 0. The summed E-state index contributed by atoms with van der Waals surface area (Å²) in [6.45, 7) is 7.37. The van der Waals surface area contributed by atoms with Gasteiger partial charge in [-0.15, -0.1) is 0 Å². The number of morpholine rings is 1. The Balaban J connectivity index is 2.30. The van der Waals surface area contributed by atoms with Gasteiger partial charge in [-0.1, -0.05) is 6.92 Å². The van der Waals surface area contributed by atoms with E-state index in [-0.39, 0.29) is 18.0 Å². The minimum atomic E-state index is -3.16. The molecule has 1 heterocycles. The van der Waals surface area contributed by atoms with Crippen LogP contribution in [0.3, 0.4) is 0 Å². The third kappa shape index (κ3) is 3.35. The second-order valence-corrected chi connectivity index (χ2v) is 8.31. The van der Waals surface area contributed by atoms with Crippen molar-refractivity contribution in [1.82, 2.24) is 0 Å². The first-order valence-corrected chi connectivity index (χ1v) is 9.20. The SMILES string of the molecule is CCS(=O)(=O)c1ccc(N2CC(C)OC(C)C2)c(Br)c1. The second kappa shape index (κ2) is 6.03. The maximum atomic E-state index is 11.9. The average molecular weight is 362 g/mol. The topological polar surface area (TPSA) is 46.6 Å². The Morgan fingerprint density at radius 2 is 1.90 bits per heavy atom. The van der Waals surface area contributed by atoms with Gasteiger partial charge in [-0.25, -0.2) is 8.42 Å². The summed E-state index contributed by atoms with van der Waals surface area (Å²) in [6.07, 6.45) is 0.342. The highest BCUT2D eigenvalue weighted by Crippen LogP contribution is 2.31. The van der Waals surface area contributed by atoms with Crippen molar-refractivity contribution in [1.29, 1.82) is 0 Å². The lowest BCUT2D eigenvalue weighted by molar-refractivity contribution is -0.00525. The average Bonchev–Trinajstić information content (AvgIpc) is 2.37. The van der Waals surface area contributed by atoms with Crippen molar-refractivity contribution in [3.05, 3.63) is 22.7 Å². The van der Waals surface area contributed by atoms with Crippen LogP contribution in [0.15, 0.2) is 27.6 Å². The number of anilines is 1. The molecular weight excluding hydrogens is 342 g/mol. The molecule has 2 atom stereocenters. The third-order valence-electron chi connectivity index (χ3n) is 3.42. The number of nitrogens with zero attached hydrogens (tertiary/aromatic N) is 1. The van der Waals surface area contributed by atoms with E-state index in [1.807, 2.05) is 19.9 Å². The smallest absolute Gasteiger partial charge is 0.178 e. The van der Waals surface area contributed by atoms with E-state index in [4.69, 9.17) is 4.74 Å². The summed E-state index contributed by atoms with van der Waals surface area (Å²) in [5.74, 6) is 0.115. The van der Waals surface area contributed by atoms with Crippen LogP contribution in [0.25, 0.3) is 0 Å². The fraction of sp³-hybridized carbons (Fsp3) is 0.571. The van der Waals surface area contributed by atoms with Gasteiger partial charge in [-0.05, 0) is 48.0 Å². The van der Waals surface area contributed by atoms with Crippen molar-refractivity contribution in [3.8, 4) is 0 Å². The Labute approximate surface area is 129 Å². The van der Waals surface area contributed by atoms with Crippen LogP contribution in [0.1, 0.15) is 20.8 Å². The van der Waals surface area contributed by atoms with Crippen molar-refractivity contribution in [2.45, 2.75) is 37.9 Å². The predicted molar refractivity (Wildman–Crippen MR) is 84.1 cm³/mol. The first-order valence-electron chi connectivity index (χ1n) is 6.76. The molecule has 0 amide bonds. The molecule has 1 aliphatic rings. The van der Waals surface area contributed by atoms with Crippen LogP contribution in [0.4, 0.5) is 5.69 Å². The molecule has 4 nitrogen and oxygen atoms in total. The molecule has 0 radical (unpaired) electrons. The molecule has 0 aromatic heterocycles. The molecule has 0 saturated carbocycles. The van der Waals surface area contributed by atoms with Gasteiger partial charge < -0.3 is 9.64 Å². The fourth-order valence-electron chi connectivity index (χ4n) is 2.48. The van der Waals surface area contributed by atoms with E-state index >= 15 is 0 Å². The summed E-state index contributed by atoms with van der Waals surface area (Å²) in [7, 11) is -3.16. The van der Waals surface area contributed by atoms with E-state index < -0.39 is 9.84 Å². The highest BCUT2D eigenvalue weighted by molar-refractivity contribution is 9.10. The molecule has 6 heteroatoms. The van der Waals surface area contributed by atoms with Crippen LogP contribution < -0.4 is 4.90 Å². The van der Waals surface area contributed by atoms with E-state index in [9.17, 15) is 8.42 Å². The zero-order valence-electron chi connectivity index (χ0n) is 12.0. The lowest BCUT2D eigenvalue weighted by Gasteiger charge is -2.37. The van der Waals surface area contributed by atoms with Gasteiger partial charge in [0.1, 0.15) is 0 Å². The molecule has 2 rings (SSSR count). The summed E-state index contributed by atoms with van der Waals surface area (Å²) >= 11 is 3.50. The first-order chi connectivity index (χ1) is 9.33. The molecule has 1 aromatic rings. The maximum Gasteiger partial charge on any atom is 0.178 e. The second-order valence-electron chi connectivity index (χ2n) is 5.18. The molecule has 1 fully saturated rings. The van der Waals surface area contributed by atoms with Crippen molar-refractivity contribution in [2.75, 3.05) is 23.7 Å². The summed E-state index contributed by atoms with van der Waals surface area (Å²) in [6, 6.07) is 5.25. The van der Waals surface area contributed by atoms with E-state index in [0.717, 1.165) is 23.2 Å². The lowest BCUT2D eigenvalue weighted by atomic mass is 10.2. The van der Waals surface area contributed by atoms with Crippen LogP contribution in [0, 0.1) is 0 Å². The molecule has 1 aliphatic heterocycles. The molecule has 20 heavy (non-hydrogen) atoms. The quantitative estimate of drug-likeness (QED) is 0.830. The molecule has 1 saturated heterocycles. The number of hydrogen-bond acceptors (Lipinski definition) is 4. The molecule has 0 spiro atoms. The summed E-state index contributed by atoms with van der Waals surface area (Å²) < 4.78 is 30.3. The van der Waals surface area contributed by atoms with Gasteiger partial charge in [-0.3, -0.25) is 0 Å². The van der Waals surface area contributed by atoms with Gasteiger partial charge in [0.2, 0.25) is 0 Å². The summed E-state index contributed by atoms with van der Waals surface area (Å²) in [5, 5.41) is 0. The number of ether oxygens (including phenoxy) is 1. The van der Waals surface area contributed by atoms with E-state index in [1.54, 1.807) is 19.1 Å². The van der Waals surface area contributed by atoms with Gasteiger partial charge in [0.15, 0.2) is 9.84 Å². The fourth-order valence-corrected chi connectivity index (χ4v) is 4.17. The Bertz CT molecular complexity index is 578. The van der Waals surface area contributed by atoms with E-state index in [1.165, 1.54) is 0 Å². The van der Waals surface area contributed by atoms with Crippen molar-refractivity contribution >= 4 is 31.5 Å². The van der Waals surface area contributed by atoms with Crippen molar-refractivity contribution < 1.29 is 13.2 Å². The molecule has 2 unspecified atom stereocenters. The molecule has 112 valence electrons. The Kier molecular flexibility index (Phi) is 4.76. The summed E-state index contributed by atoms with van der Waals surface area (Å²) in [5.41, 5.74) is 1.02. The lowest BCUT2D eigenvalue weighted by Crippen LogP contribution is -2.45. The number of rotatable bonds is 3. The third-order valence-corrected chi connectivity index (χ3v) is 5.79. The molecular formula is C14H20BrNO3S. The van der Waals surface area contributed by atoms with Crippen molar-refractivity contribution in [2.24, 2.45) is 0 Å². The monoisotopic (exact) mass is 361 g/mol. The Morgan fingerprint density at radius 1 is 1.30 bits per heavy atom. The highest BCUT2D eigenvalue weighted by Gasteiger charge is 2.24. The minimum Gasteiger partial charge on any atom is -0.372 e. The van der Waals surface area contributed by atoms with Gasteiger partial charge in [-0.2, -0.15) is 0 Å². The number of halogens is 1. The van der Waals surface area contributed by atoms with Crippen LogP contribution in [0.5, 0.6) is 0 Å². The number of benzene rings is 1. The van der Waals surface area contributed by atoms with Crippen LogP contribution in [-0.4, -0.2) is 39.5 Å². The zero-order valence-corrected chi connectivity index (χ0v) is 14.4. The highest BCUT2D eigenvalue weighted by atomic mass is 79.9. The first kappa shape index (κ1) is 15.8. The number of sulfone groups is 1. The van der Waals surface area contributed by atoms with Crippen molar-refractivity contribution in [3.63, 3.8) is 0 Å². The van der Waals surface area contributed by atoms with E-state index in [2.05, 4.69) is 20.8 Å². The van der Waals surface area contributed by atoms with Crippen LogP contribution in [-0.2, 0) is 14.6 Å². The molecule has 0 bridgehead atoms. The van der Waals surface area contributed by atoms with E-state index in [0.29, 0.717) is 4.90 Å². The van der Waals surface area contributed by atoms with Gasteiger partial charge in [0.05, 0.1) is 28.5 Å². The summed E-state index contributed by atoms with van der Waals surface area (Å²) in [4.78, 5) is 2.59. The van der Waals surface area contributed by atoms with Crippen LogP contribution >= 0.6 is 15.9 Å². The molecule has 1 aromatic carbocycles. The standard InChI is InChI=1S/C14H20BrNO3S/c1-4-20(17,18)12-5-6-14(13(15)7-12)16-8-10(2)19-11(3)9-16/h5-7,10-11H,4,8-9H2,1-3H3. The molecule has 0 N–H and O–H groups in total. The van der Waals surface area contributed by atoms with Gasteiger partial charge >= 0.3 is 0 Å². The maximum absolute atomic E-state index is 11.9. The largest absolute Gasteiger partial charge is 0.372 e. The molecule has 0 aliphatic carbocycles. The Hall–Kier alpha value is -0.590. The Morgan fingerprint density at radius 3 is 2.40 bits per heavy atom. The zero-order chi connectivity index (χ0) is 14.9. The van der Waals surface area contributed by atoms with Gasteiger partial charge in [0, 0.05) is 17.6 Å².